The summed E-state index contributed by atoms with van der Waals surface area (Å²) >= 11 is 1.49. The molecule has 1 aliphatic heterocycles. The Balaban J connectivity index is 2.01. The van der Waals surface area contributed by atoms with Crippen molar-refractivity contribution in [3.63, 3.8) is 0 Å². The molecule has 0 aliphatic carbocycles. The lowest BCUT2D eigenvalue weighted by Gasteiger charge is -2.21. The number of ether oxygens (including phenoxy) is 1. The Kier molecular flexibility index (Phi) is 5.55. The van der Waals surface area contributed by atoms with Gasteiger partial charge in [-0.2, -0.15) is 0 Å². The van der Waals surface area contributed by atoms with Crippen LogP contribution in [0.4, 0.5) is 0 Å². The smallest absolute Gasteiger partial charge is 0.263 e. The number of thiophene rings is 1. The Bertz CT molecular complexity index is 473. The fourth-order valence-electron chi connectivity index (χ4n) is 2.07. The molecule has 2 amide bonds. The lowest BCUT2D eigenvalue weighted by Crippen LogP contribution is -2.35. The topological polar surface area (TPSA) is 58.6 Å². The van der Waals surface area contributed by atoms with Crippen LogP contribution in [0.1, 0.15) is 27.4 Å². The summed E-state index contributed by atoms with van der Waals surface area (Å²) in [7, 11) is 0. The van der Waals surface area contributed by atoms with Gasteiger partial charge in [-0.05, 0) is 25.5 Å². The highest BCUT2D eigenvalue weighted by molar-refractivity contribution is 7.13. The van der Waals surface area contributed by atoms with E-state index in [4.69, 9.17) is 4.74 Å². The predicted octanol–water partition coefficient (Wildman–Crippen LogP) is 1.43. The molecule has 1 aliphatic rings. The highest BCUT2D eigenvalue weighted by Crippen LogP contribution is 2.17. The molecule has 1 aromatic rings. The van der Waals surface area contributed by atoms with Crippen LogP contribution in [-0.2, 0) is 9.53 Å². The number of carbonyl (C=O) groups is 2. The van der Waals surface area contributed by atoms with Gasteiger partial charge in [0.15, 0.2) is 0 Å². The van der Waals surface area contributed by atoms with Crippen molar-refractivity contribution in [2.24, 2.45) is 0 Å². The van der Waals surface area contributed by atoms with E-state index in [2.05, 4.69) is 5.32 Å². The number of amides is 2. The SMILES string of the molecule is Cc1ccc(C(=O)N2CCCOCCNC(=O)CC2)s1. The molecule has 20 heavy (non-hydrogen) atoms. The Morgan fingerprint density at radius 1 is 1.35 bits per heavy atom. The number of nitrogens with one attached hydrogen (secondary N) is 1. The van der Waals surface area contributed by atoms with E-state index in [1.165, 1.54) is 11.3 Å². The van der Waals surface area contributed by atoms with Crippen molar-refractivity contribution in [3.05, 3.63) is 21.9 Å². The highest BCUT2D eigenvalue weighted by Gasteiger charge is 2.18. The van der Waals surface area contributed by atoms with Gasteiger partial charge in [-0.15, -0.1) is 11.3 Å². The molecule has 0 radical (unpaired) electrons. The first-order valence-electron chi connectivity index (χ1n) is 6.87. The Morgan fingerprint density at radius 2 is 2.20 bits per heavy atom. The number of nitrogens with zero attached hydrogens (tertiary/aromatic N) is 1. The van der Waals surface area contributed by atoms with Gasteiger partial charge in [0, 0.05) is 37.5 Å². The Morgan fingerprint density at radius 3 is 2.95 bits per heavy atom. The second-order valence-corrected chi connectivity index (χ2v) is 6.06. The van der Waals surface area contributed by atoms with Crippen LogP contribution >= 0.6 is 11.3 Å². The predicted molar refractivity (Wildman–Crippen MR) is 78.0 cm³/mol. The fraction of sp³-hybridized carbons (Fsp3) is 0.571. The quantitative estimate of drug-likeness (QED) is 0.853. The van der Waals surface area contributed by atoms with Crippen molar-refractivity contribution >= 4 is 23.2 Å². The zero-order valence-electron chi connectivity index (χ0n) is 11.7. The molecule has 1 aromatic heterocycles. The van der Waals surface area contributed by atoms with Crippen molar-refractivity contribution in [1.82, 2.24) is 10.2 Å². The average molecular weight is 296 g/mol. The van der Waals surface area contributed by atoms with Gasteiger partial charge in [0.25, 0.3) is 5.91 Å². The third-order valence-corrected chi connectivity index (χ3v) is 4.12. The maximum Gasteiger partial charge on any atom is 0.263 e. The summed E-state index contributed by atoms with van der Waals surface area (Å²) in [5, 5.41) is 2.78. The number of hydrogen-bond donors (Lipinski definition) is 1. The number of hydrogen-bond acceptors (Lipinski definition) is 4. The van der Waals surface area contributed by atoms with Gasteiger partial charge >= 0.3 is 0 Å². The minimum atomic E-state index is -0.0318. The monoisotopic (exact) mass is 296 g/mol. The zero-order valence-corrected chi connectivity index (χ0v) is 12.5. The van der Waals surface area contributed by atoms with E-state index in [9.17, 15) is 9.59 Å². The molecule has 110 valence electrons. The molecule has 0 aromatic carbocycles. The van der Waals surface area contributed by atoms with Crippen LogP contribution < -0.4 is 5.32 Å². The third-order valence-electron chi connectivity index (χ3n) is 3.13. The van der Waals surface area contributed by atoms with Gasteiger partial charge in [-0.3, -0.25) is 9.59 Å². The van der Waals surface area contributed by atoms with E-state index < -0.39 is 0 Å². The van der Waals surface area contributed by atoms with Crippen molar-refractivity contribution < 1.29 is 14.3 Å². The summed E-state index contributed by atoms with van der Waals surface area (Å²) in [6.45, 7) is 4.75. The van der Waals surface area contributed by atoms with Crippen LogP contribution in [0.3, 0.4) is 0 Å². The number of carbonyl (C=O) groups excluding carboxylic acids is 2. The Hall–Kier alpha value is -1.40. The summed E-state index contributed by atoms with van der Waals surface area (Å²) < 4.78 is 5.40. The minimum Gasteiger partial charge on any atom is -0.380 e. The molecule has 0 atom stereocenters. The largest absolute Gasteiger partial charge is 0.380 e. The number of rotatable bonds is 1. The van der Waals surface area contributed by atoms with Gasteiger partial charge in [0.1, 0.15) is 0 Å². The molecule has 6 heteroatoms. The normalized spacial score (nSPS) is 18.2. The third kappa shape index (κ3) is 4.31. The van der Waals surface area contributed by atoms with Crippen LogP contribution in [0.5, 0.6) is 0 Å². The van der Waals surface area contributed by atoms with Crippen molar-refractivity contribution in [1.29, 1.82) is 0 Å². The Labute approximate surface area is 122 Å². The molecule has 1 saturated heterocycles. The molecule has 2 rings (SSSR count). The summed E-state index contributed by atoms with van der Waals surface area (Å²) in [5.74, 6) is -0.0224. The molecule has 0 unspecified atom stereocenters. The molecular weight excluding hydrogens is 276 g/mol. The highest BCUT2D eigenvalue weighted by atomic mass is 32.1. The first kappa shape index (κ1) is 15.0. The lowest BCUT2D eigenvalue weighted by molar-refractivity contribution is -0.121. The van der Waals surface area contributed by atoms with E-state index in [1.54, 1.807) is 4.90 Å². The first-order valence-corrected chi connectivity index (χ1v) is 7.68. The van der Waals surface area contributed by atoms with Crippen molar-refractivity contribution in [2.75, 3.05) is 32.8 Å². The molecule has 1 fully saturated rings. The summed E-state index contributed by atoms with van der Waals surface area (Å²) in [6.07, 6.45) is 1.14. The first-order chi connectivity index (χ1) is 9.66. The van der Waals surface area contributed by atoms with Gasteiger partial charge in [0.05, 0.1) is 11.5 Å². The maximum absolute atomic E-state index is 12.4. The zero-order chi connectivity index (χ0) is 14.4. The minimum absolute atomic E-state index is 0.00940. The van der Waals surface area contributed by atoms with Crippen molar-refractivity contribution in [2.45, 2.75) is 19.8 Å². The van der Waals surface area contributed by atoms with E-state index >= 15 is 0 Å². The van der Waals surface area contributed by atoms with E-state index in [-0.39, 0.29) is 11.8 Å². The van der Waals surface area contributed by atoms with Gasteiger partial charge in [-0.1, -0.05) is 0 Å². The standard InChI is InChI=1S/C14H20N2O3S/c1-11-3-4-12(20-11)14(18)16-7-2-9-19-10-6-15-13(17)5-8-16/h3-4H,2,5-10H2,1H3,(H,15,17). The second-order valence-electron chi connectivity index (χ2n) is 4.77. The summed E-state index contributed by atoms with van der Waals surface area (Å²) in [6, 6.07) is 3.80. The van der Waals surface area contributed by atoms with Crippen LogP contribution in [-0.4, -0.2) is 49.6 Å². The van der Waals surface area contributed by atoms with E-state index in [1.807, 2.05) is 19.1 Å². The molecule has 0 bridgehead atoms. The van der Waals surface area contributed by atoms with Crippen LogP contribution in [0.15, 0.2) is 12.1 Å². The number of aryl methyl sites for hydroxylation is 1. The molecule has 1 N–H and O–H groups in total. The maximum atomic E-state index is 12.4. The van der Waals surface area contributed by atoms with Gasteiger partial charge in [0.2, 0.25) is 5.91 Å². The molecule has 5 nitrogen and oxygen atoms in total. The molecule has 0 saturated carbocycles. The second kappa shape index (κ2) is 7.40. The molecular formula is C14H20N2O3S. The summed E-state index contributed by atoms with van der Waals surface area (Å²) in [4.78, 5) is 27.7. The van der Waals surface area contributed by atoms with Crippen LogP contribution in [0, 0.1) is 6.92 Å². The van der Waals surface area contributed by atoms with Gasteiger partial charge in [-0.25, -0.2) is 0 Å². The average Bonchev–Trinajstić information content (AvgIpc) is 2.84. The van der Waals surface area contributed by atoms with Crippen LogP contribution in [0.25, 0.3) is 0 Å². The van der Waals surface area contributed by atoms with Crippen LogP contribution in [0.2, 0.25) is 0 Å². The fourth-order valence-corrected chi connectivity index (χ4v) is 2.90. The van der Waals surface area contributed by atoms with Gasteiger partial charge < -0.3 is 15.0 Å². The molecule has 2 heterocycles. The van der Waals surface area contributed by atoms with E-state index in [0.717, 1.165) is 16.2 Å². The molecule has 0 spiro atoms. The summed E-state index contributed by atoms with van der Waals surface area (Å²) in [5.41, 5.74) is 0. The lowest BCUT2D eigenvalue weighted by atomic mass is 10.3. The van der Waals surface area contributed by atoms with E-state index in [0.29, 0.717) is 39.3 Å². The van der Waals surface area contributed by atoms with Crippen molar-refractivity contribution in [3.8, 4) is 0 Å².